The van der Waals surface area contributed by atoms with Crippen LogP contribution in [0.15, 0.2) is 0 Å². The van der Waals surface area contributed by atoms with Crippen molar-refractivity contribution in [2.45, 2.75) is 25.6 Å². The third kappa shape index (κ3) is 1.76. The van der Waals surface area contributed by atoms with E-state index in [1.165, 1.54) is 6.92 Å². The van der Waals surface area contributed by atoms with E-state index in [0.717, 1.165) is 6.92 Å². The molecule has 0 aromatic rings. The fourth-order valence-electron chi connectivity index (χ4n) is 0.132. The average Bonchev–Trinajstić information content (AvgIpc) is 1.67. The second-order valence-corrected chi connectivity index (χ2v) is 2.11. The predicted octanol–water partition coefficient (Wildman–Crippen LogP) is 0.0877. The molecule has 0 spiro atoms. The van der Waals surface area contributed by atoms with Crippen LogP contribution in [0.25, 0.3) is 0 Å². The summed E-state index contributed by atoms with van der Waals surface area (Å²) in [5.74, 6) is 0. The average molecular weight is 122 g/mol. The molecule has 0 radical (unpaired) electrons. The molecule has 0 rings (SSSR count). The Bertz CT molecular complexity index is 70.8. The van der Waals surface area contributed by atoms with Crippen molar-refractivity contribution in [3.63, 3.8) is 0 Å². The molecule has 0 aliphatic rings. The van der Waals surface area contributed by atoms with Gasteiger partial charge in [0.15, 0.2) is 5.67 Å². The summed E-state index contributed by atoms with van der Waals surface area (Å²) in [4.78, 5) is 0. The van der Waals surface area contributed by atoms with Gasteiger partial charge in [0.1, 0.15) is 0 Å². The van der Waals surface area contributed by atoms with Crippen molar-refractivity contribution >= 4 is 0 Å². The Hall–Kier alpha value is -0.150. The molecule has 0 saturated heterocycles. The van der Waals surface area contributed by atoms with Crippen LogP contribution in [-0.4, -0.2) is 28.6 Å². The van der Waals surface area contributed by atoms with Gasteiger partial charge in [-0.2, -0.15) is 0 Å². The maximum Gasteiger partial charge on any atom is 0.156 e. The molecule has 0 aromatic heterocycles. The van der Waals surface area contributed by atoms with Crippen LogP contribution in [0.4, 0.5) is 4.39 Å². The minimum absolute atomic E-state index is 0.634. The Balaban J connectivity index is 3.71. The predicted molar refractivity (Wildman–Crippen MR) is 28.3 cm³/mol. The van der Waals surface area contributed by atoms with Crippen molar-refractivity contribution in [1.82, 2.24) is 0 Å². The second-order valence-electron chi connectivity index (χ2n) is 2.11. The standard InChI is InChI=1S/C5H11FO2/c1-4(8)5(2,6)3-7/h4,7-8H,3H2,1-2H3. The number of alkyl halides is 1. The van der Waals surface area contributed by atoms with Crippen LogP contribution in [0, 0.1) is 0 Å². The minimum atomic E-state index is -1.85. The molecule has 0 saturated carbocycles. The van der Waals surface area contributed by atoms with E-state index in [1.54, 1.807) is 0 Å². The molecule has 0 bridgehead atoms. The first-order chi connectivity index (χ1) is 3.50. The van der Waals surface area contributed by atoms with E-state index >= 15 is 0 Å². The SMILES string of the molecule is CC(O)C(C)(F)CO. The van der Waals surface area contributed by atoms with Crippen LogP contribution >= 0.6 is 0 Å². The topological polar surface area (TPSA) is 40.5 Å². The Morgan fingerprint density at radius 2 is 2.12 bits per heavy atom. The zero-order valence-electron chi connectivity index (χ0n) is 5.06. The summed E-state index contributed by atoms with van der Waals surface area (Å²) >= 11 is 0. The van der Waals surface area contributed by atoms with Gasteiger partial charge in [-0.3, -0.25) is 0 Å². The van der Waals surface area contributed by atoms with Crippen LogP contribution < -0.4 is 0 Å². The van der Waals surface area contributed by atoms with Gasteiger partial charge in [-0.1, -0.05) is 0 Å². The van der Waals surface area contributed by atoms with Gasteiger partial charge in [-0.05, 0) is 13.8 Å². The summed E-state index contributed by atoms with van der Waals surface area (Å²) in [6.45, 7) is 1.82. The Kier molecular flexibility index (Phi) is 2.37. The quantitative estimate of drug-likeness (QED) is 0.545. The third-order valence-corrected chi connectivity index (χ3v) is 1.18. The molecular weight excluding hydrogens is 111 g/mol. The zero-order chi connectivity index (χ0) is 6.78. The van der Waals surface area contributed by atoms with E-state index in [9.17, 15) is 4.39 Å². The Labute approximate surface area is 48.0 Å². The lowest BCUT2D eigenvalue weighted by Crippen LogP contribution is -2.35. The lowest BCUT2D eigenvalue weighted by Gasteiger charge is -2.19. The molecule has 0 fully saturated rings. The van der Waals surface area contributed by atoms with E-state index in [-0.39, 0.29) is 0 Å². The molecule has 3 heteroatoms. The number of hydrogen-bond donors (Lipinski definition) is 2. The van der Waals surface area contributed by atoms with E-state index in [1.807, 2.05) is 0 Å². The Morgan fingerprint density at radius 3 is 2.12 bits per heavy atom. The summed E-state index contributed by atoms with van der Waals surface area (Å²) in [5.41, 5.74) is -1.85. The normalized spacial score (nSPS) is 22.1. The molecule has 2 nitrogen and oxygen atoms in total. The summed E-state index contributed by atoms with van der Waals surface area (Å²) in [6.07, 6.45) is -1.10. The highest BCUT2D eigenvalue weighted by atomic mass is 19.1. The van der Waals surface area contributed by atoms with Crippen LogP contribution in [0.5, 0.6) is 0 Å². The zero-order valence-corrected chi connectivity index (χ0v) is 5.06. The van der Waals surface area contributed by atoms with E-state index in [0.29, 0.717) is 0 Å². The molecule has 50 valence electrons. The molecular formula is C5H11FO2. The van der Waals surface area contributed by atoms with Crippen LogP contribution in [0.2, 0.25) is 0 Å². The summed E-state index contributed by atoms with van der Waals surface area (Å²) < 4.78 is 12.4. The first-order valence-electron chi connectivity index (χ1n) is 2.48. The molecule has 0 aliphatic carbocycles. The second kappa shape index (κ2) is 2.42. The smallest absolute Gasteiger partial charge is 0.156 e. The van der Waals surface area contributed by atoms with E-state index < -0.39 is 18.4 Å². The number of rotatable bonds is 2. The summed E-state index contributed by atoms with van der Waals surface area (Å²) in [7, 11) is 0. The molecule has 0 aliphatic heterocycles. The highest BCUT2D eigenvalue weighted by Crippen LogP contribution is 2.13. The summed E-state index contributed by atoms with van der Waals surface area (Å²) in [6, 6.07) is 0. The monoisotopic (exact) mass is 122 g/mol. The van der Waals surface area contributed by atoms with Gasteiger partial charge in [0, 0.05) is 0 Å². The van der Waals surface area contributed by atoms with Gasteiger partial charge in [-0.25, -0.2) is 4.39 Å². The van der Waals surface area contributed by atoms with Crippen molar-refractivity contribution < 1.29 is 14.6 Å². The molecule has 2 unspecified atom stereocenters. The van der Waals surface area contributed by atoms with Crippen LogP contribution in [0.1, 0.15) is 13.8 Å². The molecule has 0 amide bonds. The van der Waals surface area contributed by atoms with Crippen molar-refractivity contribution in [3.8, 4) is 0 Å². The van der Waals surface area contributed by atoms with Crippen molar-refractivity contribution in [1.29, 1.82) is 0 Å². The molecule has 2 atom stereocenters. The Morgan fingerprint density at radius 1 is 1.75 bits per heavy atom. The molecule has 8 heavy (non-hydrogen) atoms. The fraction of sp³-hybridized carbons (Fsp3) is 1.00. The minimum Gasteiger partial charge on any atom is -0.393 e. The highest BCUT2D eigenvalue weighted by molar-refractivity contribution is 4.77. The van der Waals surface area contributed by atoms with Gasteiger partial charge >= 0.3 is 0 Å². The van der Waals surface area contributed by atoms with Gasteiger partial charge < -0.3 is 10.2 Å². The first-order valence-corrected chi connectivity index (χ1v) is 2.48. The highest BCUT2D eigenvalue weighted by Gasteiger charge is 2.27. The first kappa shape index (κ1) is 7.85. The van der Waals surface area contributed by atoms with Crippen LogP contribution in [-0.2, 0) is 0 Å². The van der Waals surface area contributed by atoms with Crippen molar-refractivity contribution in [2.24, 2.45) is 0 Å². The molecule has 0 aromatic carbocycles. The van der Waals surface area contributed by atoms with Crippen molar-refractivity contribution in [2.75, 3.05) is 6.61 Å². The van der Waals surface area contributed by atoms with Gasteiger partial charge in [0.25, 0.3) is 0 Å². The molecule has 2 N–H and O–H groups in total. The maximum atomic E-state index is 12.4. The van der Waals surface area contributed by atoms with E-state index in [2.05, 4.69) is 0 Å². The largest absolute Gasteiger partial charge is 0.393 e. The number of aliphatic hydroxyl groups excluding tert-OH is 2. The van der Waals surface area contributed by atoms with E-state index in [4.69, 9.17) is 10.2 Å². The number of aliphatic hydroxyl groups is 2. The van der Waals surface area contributed by atoms with Gasteiger partial charge in [-0.15, -0.1) is 0 Å². The molecule has 0 heterocycles. The lowest BCUT2D eigenvalue weighted by molar-refractivity contribution is -0.0227. The van der Waals surface area contributed by atoms with Gasteiger partial charge in [0.05, 0.1) is 12.7 Å². The third-order valence-electron chi connectivity index (χ3n) is 1.18. The van der Waals surface area contributed by atoms with Crippen molar-refractivity contribution in [3.05, 3.63) is 0 Å². The summed E-state index contributed by atoms with van der Waals surface area (Å²) in [5, 5.41) is 16.8. The van der Waals surface area contributed by atoms with Gasteiger partial charge in [0.2, 0.25) is 0 Å². The lowest BCUT2D eigenvalue weighted by atomic mass is 10.1. The maximum absolute atomic E-state index is 12.4. The fourth-order valence-corrected chi connectivity index (χ4v) is 0.132. The number of hydrogen-bond acceptors (Lipinski definition) is 2. The number of halogens is 1. The van der Waals surface area contributed by atoms with Crippen LogP contribution in [0.3, 0.4) is 0 Å².